The van der Waals surface area contributed by atoms with Crippen molar-refractivity contribution in [3.05, 3.63) is 33.9 Å². The fraction of sp³-hybridized carbons (Fsp3) is 0.500. The molecule has 0 radical (unpaired) electrons. The van der Waals surface area contributed by atoms with E-state index in [9.17, 15) is 14.9 Å². The molecule has 1 heterocycles. The molecule has 0 aliphatic carbocycles. The largest absolute Gasteiger partial charge is 0.398 e. The van der Waals surface area contributed by atoms with Gasteiger partial charge in [-0.2, -0.15) is 0 Å². The summed E-state index contributed by atoms with van der Waals surface area (Å²) >= 11 is 0. The van der Waals surface area contributed by atoms with Gasteiger partial charge in [-0.1, -0.05) is 0 Å². The first-order valence-electron chi connectivity index (χ1n) is 6.89. The summed E-state index contributed by atoms with van der Waals surface area (Å²) in [6.45, 7) is 1.83. The fourth-order valence-corrected chi connectivity index (χ4v) is 2.65. The molecule has 1 atom stereocenters. The lowest BCUT2D eigenvalue weighted by atomic mass is 10.0. The van der Waals surface area contributed by atoms with Gasteiger partial charge in [-0.15, -0.1) is 0 Å². The van der Waals surface area contributed by atoms with E-state index in [0.717, 1.165) is 25.9 Å². The van der Waals surface area contributed by atoms with E-state index in [2.05, 4.69) is 4.90 Å². The van der Waals surface area contributed by atoms with Crippen molar-refractivity contribution in [2.24, 2.45) is 0 Å². The van der Waals surface area contributed by atoms with Crippen LogP contribution in [0.5, 0.6) is 0 Å². The number of likely N-dealkylation sites (tertiary alicyclic amines) is 1. The number of hydrogen-bond donors (Lipinski definition) is 1. The topological polar surface area (TPSA) is 92.7 Å². The molecule has 2 N–H and O–H groups in total. The van der Waals surface area contributed by atoms with Crippen LogP contribution in [-0.2, 0) is 0 Å². The third-order valence-electron chi connectivity index (χ3n) is 3.95. The van der Waals surface area contributed by atoms with Crippen LogP contribution >= 0.6 is 0 Å². The van der Waals surface area contributed by atoms with E-state index in [0.29, 0.717) is 0 Å². The van der Waals surface area contributed by atoms with Crippen LogP contribution in [0.1, 0.15) is 23.2 Å². The molecule has 1 aliphatic heterocycles. The van der Waals surface area contributed by atoms with E-state index in [1.807, 2.05) is 7.05 Å². The molecule has 1 saturated heterocycles. The molecule has 0 saturated carbocycles. The first-order chi connectivity index (χ1) is 9.90. The van der Waals surface area contributed by atoms with Crippen LogP contribution in [0.25, 0.3) is 0 Å². The molecule has 1 unspecified atom stereocenters. The Bertz CT molecular complexity index is 561. The number of nitro groups is 1. The highest BCUT2D eigenvalue weighted by Gasteiger charge is 2.27. The van der Waals surface area contributed by atoms with E-state index in [1.54, 1.807) is 11.9 Å². The minimum atomic E-state index is -0.523. The summed E-state index contributed by atoms with van der Waals surface area (Å²) in [5.74, 6) is -0.267. The predicted molar refractivity (Wildman–Crippen MR) is 80.1 cm³/mol. The number of anilines is 1. The van der Waals surface area contributed by atoms with Gasteiger partial charge in [0.1, 0.15) is 0 Å². The van der Waals surface area contributed by atoms with E-state index in [-0.39, 0.29) is 28.9 Å². The Hall–Kier alpha value is -2.15. The second-order valence-electron chi connectivity index (χ2n) is 5.50. The highest BCUT2D eigenvalue weighted by atomic mass is 16.6. The molecule has 7 nitrogen and oxygen atoms in total. The maximum absolute atomic E-state index is 12.6. The van der Waals surface area contributed by atoms with Crippen LogP contribution in [0.4, 0.5) is 11.4 Å². The third kappa shape index (κ3) is 3.30. The second-order valence-corrected chi connectivity index (χ2v) is 5.50. The van der Waals surface area contributed by atoms with Gasteiger partial charge in [-0.3, -0.25) is 14.9 Å². The highest BCUT2D eigenvalue weighted by Crippen LogP contribution is 2.23. The number of nitrogens with two attached hydrogens (primary N) is 1. The monoisotopic (exact) mass is 292 g/mol. The van der Waals surface area contributed by atoms with Crippen molar-refractivity contribution >= 4 is 17.3 Å². The van der Waals surface area contributed by atoms with Crippen molar-refractivity contribution in [3.63, 3.8) is 0 Å². The number of likely N-dealkylation sites (N-methyl/N-ethyl adjacent to an activating group) is 2. The standard InChI is InChI=1S/C14H20N4O3/c1-16-7-3-4-11(9-16)17(2)14(19)12-8-10(18(20)21)5-6-13(12)15/h5-6,8,11H,3-4,7,9,15H2,1-2H3. The molecule has 7 heteroatoms. The Morgan fingerprint density at radius 2 is 2.24 bits per heavy atom. The second kappa shape index (κ2) is 6.09. The minimum absolute atomic E-state index is 0.106. The van der Waals surface area contributed by atoms with Gasteiger partial charge in [0.15, 0.2) is 0 Å². The molecule has 1 amide bonds. The summed E-state index contributed by atoms with van der Waals surface area (Å²) in [7, 11) is 3.75. The average molecular weight is 292 g/mol. The number of rotatable bonds is 3. The Morgan fingerprint density at radius 3 is 2.86 bits per heavy atom. The maximum Gasteiger partial charge on any atom is 0.270 e. The Kier molecular flexibility index (Phi) is 4.42. The number of piperidine rings is 1. The van der Waals surface area contributed by atoms with Crippen LogP contribution < -0.4 is 5.73 Å². The Balaban J connectivity index is 2.22. The van der Waals surface area contributed by atoms with E-state index in [4.69, 9.17) is 5.73 Å². The maximum atomic E-state index is 12.6. The van der Waals surface area contributed by atoms with Gasteiger partial charge < -0.3 is 15.5 Å². The molecule has 114 valence electrons. The quantitative estimate of drug-likeness (QED) is 0.515. The van der Waals surface area contributed by atoms with Crippen molar-refractivity contribution in [2.75, 3.05) is 32.9 Å². The molecular formula is C14H20N4O3. The average Bonchev–Trinajstić information content (AvgIpc) is 2.46. The third-order valence-corrected chi connectivity index (χ3v) is 3.95. The molecule has 1 aromatic rings. The van der Waals surface area contributed by atoms with Gasteiger partial charge in [0.2, 0.25) is 0 Å². The van der Waals surface area contributed by atoms with Crippen molar-refractivity contribution in [1.82, 2.24) is 9.80 Å². The normalized spacial score (nSPS) is 19.2. The summed E-state index contributed by atoms with van der Waals surface area (Å²) < 4.78 is 0. The van der Waals surface area contributed by atoms with Crippen molar-refractivity contribution in [2.45, 2.75) is 18.9 Å². The van der Waals surface area contributed by atoms with Crippen molar-refractivity contribution < 1.29 is 9.72 Å². The lowest BCUT2D eigenvalue weighted by molar-refractivity contribution is -0.384. The van der Waals surface area contributed by atoms with Crippen LogP contribution in [0.2, 0.25) is 0 Å². The van der Waals surface area contributed by atoms with Crippen LogP contribution in [0.15, 0.2) is 18.2 Å². The number of hydrogen-bond acceptors (Lipinski definition) is 5. The van der Waals surface area contributed by atoms with Gasteiger partial charge in [0, 0.05) is 37.5 Å². The summed E-state index contributed by atoms with van der Waals surface area (Å²) in [4.78, 5) is 26.7. The van der Waals surface area contributed by atoms with Crippen molar-refractivity contribution in [1.29, 1.82) is 0 Å². The smallest absolute Gasteiger partial charge is 0.270 e. The zero-order chi connectivity index (χ0) is 15.6. The fourth-order valence-electron chi connectivity index (χ4n) is 2.65. The number of nitro benzene ring substituents is 1. The van der Waals surface area contributed by atoms with Crippen molar-refractivity contribution in [3.8, 4) is 0 Å². The summed E-state index contributed by atoms with van der Waals surface area (Å²) in [5.41, 5.74) is 6.14. The molecule has 1 aromatic carbocycles. The molecule has 0 aromatic heterocycles. The number of nitrogens with zero attached hydrogens (tertiary/aromatic N) is 3. The molecule has 2 rings (SSSR count). The number of amides is 1. The lowest BCUT2D eigenvalue weighted by Crippen LogP contribution is -2.47. The minimum Gasteiger partial charge on any atom is -0.398 e. The van der Waals surface area contributed by atoms with Gasteiger partial charge in [0.25, 0.3) is 11.6 Å². The van der Waals surface area contributed by atoms with Gasteiger partial charge in [-0.25, -0.2) is 0 Å². The number of non-ortho nitro benzene ring substituents is 1. The van der Waals surface area contributed by atoms with Crippen LogP contribution in [0, 0.1) is 10.1 Å². The first-order valence-corrected chi connectivity index (χ1v) is 6.89. The Morgan fingerprint density at radius 1 is 1.52 bits per heavy atom. The first kappa shape index (κ1) is 15.2. The molecule has 0 bridgehead atoms. The van der Waals surface area contributed by atoms with Gasteiger partial charge in [-0.05, 0) is 32.5 Å². The van der Waals surface area contributed by atoms with Crippen LogP contribution in [0.3, 0.4) is 0 Å². The molecular weight excluding hydrogens is 272 g/mol. The lowest BCUT2D eigenvalue weighted by Gasteiger charge is -2.36. The number of nitrogen functional groups attached to an aromatic ring is 1. The zero-order valence-electron chi connectivity index (χ0n) is 12.3. The van der Waals surface area contributed by atoms with E-state index in [1.165, 1.54) is 18.2 Å². The number of carbonyl (C=O) groups is 1. The van der Waals surface area contributed by atoms with Gasteiger partial charge in [0.05, 0.1) is 10.5 Å². The van der Waals surface area contributed by atoms with Gasteiger partial charge >= 0.3 is 0 Å². The molecule has 1 aliphatic rings. The molecule has 1 fully saturated rings. The predicted octanol–water partition coefficient (Wildman–Crippen LogP) is 1.34. The van der Waals surface area contributed by atoms with E-state index >= 15 is 0 Å². The highest BCUT2D eigenvalue weighted by molar-refractivity contribution is 5.99. The Labute approximate surface area is 123 Å². The summed E-state index contributed by atoms with van der Waals surface area (Å²) in [6.07, 6.45) is 1.96. The summed E-state index contributed by atoms with van der Waals surface area (Å²) in [5, 5.41) is 10.8. The number of carbonyl (C=O) groups excluding carboxylic acids is 1. The number of benzene rings is 1. The SMILES string of the molecule is CN1CCCC(N(C)C(=O)c2cc([N+](=O)[O-])ccc2N)C1. The zero-order valence-corrected chi connectivity index (χ0v) is 12.3. The molecule has 0 spiro atoms. The molecule has 21 heavy (non-hydrogen) atoms. The summed E-state index contributed by atoms with van der Waals surface area (Å²) in [6, 6.07) is 4.07. The van der Waals surface area contributed by atoms with E-state index < -0.39 is 4.92 Å². The van der Waals surface area contributed by atoms with Crippen LogP contribution in [-0.4, -0.2) is 53.9 Å².